The second-order valence-corrected chi connectivity index (χ2v) is 8.42. The van der Waals surface area contributed by atoms with Gasteiger partial charge >= 0.3 is 0 Å². The second kappa shape index (κ2) is 6.58. The van der Waals surface area contributed by atoms with E-state index in [4.69, 9.17) is 4.98 Å². The lowest BCUT2D eigenvalue weighted by molar-refractivity contribution is -0.134. The third-order valence-electron chi connectivity index (χ3n) is 5.21. The minimum atomic E-state index is 0.116. The minimum absolute atomic E-state index is 0.116. The molecule has 1 atom stereocenters. The summed E-state index contributed by atoms with van der Waals surface area (Å²) in [4.78, 5) is 25.8. The van der Waals surface area contributed by atoms with Crippen molar-refractivity contribution in [1.29, 1.82) is 0 Å². The topological polar surface area (TPSA) is 51.0 Å². The number of hydrogen-bond donors (Lipinski definition) is 0. The number of para-hydroxylation sites is 2. The Kier molecular flexibility index (Phi) is 4.06. The van der Waals surface area contributed by atoms with E-state index in [0.29, 0.717) is 0 Å². The van der Waals surface area contributed by atoms with Gasteiger partial charge in [0, 0.05) is 16.8 Å². The van der Waals surface area contributed by atoms with Crippen LogP contribution in [0.5, 0.6) is 0 Å². The van der Waals surface area contributed by atoms with Gasteiger partial charge in [-0.15, -0.1) is 22.7 Å². The number of imidazole rings is 1. The standard InChI is InChI=1S/C20H18N4OS2/c1-13-14-7-9-27-18(14)6-8-23(13)19(25)10-24-17-5-3-2-4-15(17)22-20(24)16-11-26-12-21-16/h2-5,7,9,11-13H,6,8,10H2,1H3/t13-/m0/s1. The summed E-state index contributed by atoms with van der Waals surface area (Å²) in [5.74, 6) is 0.880. The fourth-order valence-electron chi connectivity index (χ4n) is 3.83. The SMILES string of the molecule is C[C@H]1c2ccsc2CCN1C(=O)Cn1c(-c2cscn2)nc2ccccc21. The number of fused-ring (bicyclic) bond motifs is 2. The first kappa shape index (κ1) is 16.6. The molecule has 5 rings (SSSR count). The fraction of sp³-hybridized carbons (Fsp3) is 0.250. The van der Waals surface area contributed by atoms with E-state index >= 15 is 0 Å². The molecule has 3 aromatic heterocycles. The zero-order chi connectivity index (χ0) is 18.4. The summed E-state index contributed by atoms with van der Waals surface area (Å²) in [6.07, 6.45) is 0.937. The highest BCUT2D eigenvalue weighted by atomic mass is 32.1. The number of nitrogens with zero attached hydrogens (tertiary/aromatic N) is 4. The van der Waals surface area contributed by atoms with Gasteiger partial charge in [0.05, 0.1) is 22.6 Å². The summed E-state index contributed by atoms with van der Waals surface area (Å²) in [7, 11) is 0. The predicted octanol–water partition coefficient (Wildman–Crippen LogP) is 4.37. The van der Waals surface area contributed by atoms with Crippen LogP contribution < -0.4 is 0 Å². The Balaban J connectivity index is 1.51. The van der Waals surface area contributed by atoms with Crippen molar-refractivity contribution in [2.45, 2.75) is 25.9 Å². The molecule has 0 unspecified atom stereocenters. The Labute approximate surface area is 164 Å². The molecule has 136 valence electrons. The maximum absolute atomic E-state index is 13.2. The smallest absolute Gasteiger partial charge is 0.243 e. The molecule has 1 aromatic carbocycles. The fourth-order valence-corrected chi connectivity index (χ4v) is 5.32. The number of aromatic nitrogens is 3. The average Bonchev–Trinajstić information content (AvgIpc) is 3.42. The second-order valence-electron chi connectivity index (χ2n) is 6.70. The number of rotatable bonds is 3. The highest BCUT2D eigenvalue weighted by molar-refractivity contribution is 7.10. The monoisotopic (exact) mass is 394 g/mol. The van der Waals surface area contributed by atoms with Crippen LogP contribution in [0, 0.1) is 0 Å². The molecule has 4 heterocycles. The van der Waals surface area contributed by atoms with E-state index in [-0.39, 0.29) is 18.5 Å². The van der Waals surface area contributed by atoms with Crippen molar-refractivity contribution in [3.8, 4) is 11.5 Å². The van der Waals surface area contributed by atoms with E-state index in [0.717, 1.165) is 35.5 Å². The van der Waals surface area contributed by atoms with Gasteiger partial charge in [-0.1, -0.05) is 12.1 Å². The molecule has 27 heavy (non-hydrogen) atoms. The molecule has 0 saturated carbocycles. The minimum Gasteiger partial charge on any atom is -0.334 e. The molecule has 0 spiro atoms. The molecule has 5 nitrogen and oxygen atoms in total. The van der Waals surface area contributed by atoms with Crippen molar-refractivity contribution >= 4 is 39.6 Å². The lowest BCUT2D eigenvalue weighted by Crippen LogP contribution is -2.40. The molecule has 1 amide bonds. The van der Waals surface area contributed by atoms with E-state index in [9.17, 15) is 4.79 Å². The third kappa shape index (κ3) is 2.78. The largest absolute Gasteiger partial charge is 0.334 e. The molecule has 0 fully saturated rings. The van der Waals surface area contributed by atoms with Crippen LogP contribution in [0.1, 0.15) is 23.4 Å². The van der Waals surface area contributed by atoms with Gasteiger partial charge < -0.3 is 9.47 Å². The maximum atomic E-state index is 13.2. The Morgan fingerprint density at radius 3 is 3.04 bits per heavy atom. The molecule has 0 saturated heterocycles. The number of benzene rings is 1. The number of amides is 1. The number of thiophene rings is 1. The van der Waals surface area contributed by atoms with Crippen LogP contribution in [-0.2, 0) is 17.8 Å². The predicted molar refractivity (Wildman–Crippen MR) is 109 cm³/mol. The molecule has 1 aliphatic rings. The summed E-state index contributed by atoms with van der Waals surface area (Å²) in [6, 6.07) is 10.2. The van der Waals surface area contributed by atoms with Gasteiger partial charge in [-0.25, -0.2) is 9.97 Å². The number of carbonyl (C=O) groups excluding carboxylic acids is 1. The maximum Gasteiger partial charge on any atom is 0.243 e. The number of thiazole rings is 1. The van der Waals surface area contributed by atoms with Gasteiger partial charge in [-0.3, -0.25) is 4.79 Å². The van der Waals surface area contributed by atoms with Crippen molar-refractivity contribution in [2.75, 3.05) is 6.54 Å². The third-order valence-corrected chi connectivity index (χ3v) is 6.79. The van der Waals surface area contributed by atoms with E-state index in [1.807, 2.05) is 39.1 Å². The van der Waals surface area contributed by atoms with Crippen molar-refractivity contribution < 1.29 is 4.79 Å². The zero-order valence-electron chi connectivity index (χ0n) is 14.8. The first-order valence-electron chi connectivity index (χ1n) is 8.92. The molecule has 0 N–H and O–H groups in total. The first-order valence-corrected chi connectivity index (χ1v) is 10.7. The highest BCUT2D eigenvalue weighted by Gasteiger charge is 2.29. The number of carbonyl (C=O) groups is 1. The van der Waals surface area contributed by atoms with Crippen molar-refractivity contribution in [1.82, 2.24) is 19.4 Å². The van der Waals surface area contributed by atoms with Crippen LogP contribution in [0.15, 0.2) is 46.6 Å². The molecule has 0 radical (unpaired) electrons. The lowest BCUT2D eigenvalue weighted by Gasteiger charge is -2.34. The van der Waals surface area contributed by atoms with E-state index in [1.54, 1.807) is 16.8 Å². The molecule has 0 aliphatic carbocycles. The Morgan fingerprint density at radius 1 is 1.30 bits per heavy atom. The summed E-state index contributed by atoms with van der Waals surface area (Å²) in [5, 5.41) is 4.10. The molecular weight excluding hydrogens is 376 g/mol. The van der Waals surface area contributed by atoms with Crippen molar-refractivity contribution in [2.24, 2.45) is 0 Å². The van der Waals surface area contributed by atoms with Crippen LogP contribution in [0.2, 0.25) is 0 Å². The van der Waals surface area contributed by atoms with Crippen LogP contribution in [0.3, 0.4) is 0 Å². The van der Waals surface area contributed by atoms with Gasteiger partial charge in [0.1, 0.15) is 12.2 Å². The van der Waals surface area contributed by atoms with Gasteiger partial charge in [0.2, 0.25) is 5.91 Å². The first-order chi connectivity index (χ1) is 13.2. The van der Waals surface area contributed by atoms with Crippen LogP contribution in [0.25, 0.3) is 22.6 Å². The van der Waals surface area contributed by atoms with Gasteiger partial charge in [0.15, 0.2) is 5.82 Å². The van der Waals surface area contributed by atoms with E-state index < -0.39 is 0 Å². The average molecular weight is 395 g/mol. The molecule has 4 aromatic rings. The summed E-state index contributed by atoms with van der Waals surface area (Å²) in [6.45, 7) is 3.17. The zero-order valence-corrected chi connectivity index (χ0v) is 16.5. The van der Waals surface area contributed by atoms with Crippen LogP contribution >= 0.6 is 22.7 Å². The van der Waals surface area contributed by atoms with E-state index in [2.05, 4.69) is 23.4 Å². The highest BCUT2D eigenvalue weighted by Crippen LogP contribution is 2.33. The molecule has 0 bridgehead atoms. The van der Waals surface area contributed by atoms with Gasteiger partial charge in [-0.05, 0) is 42.5 Å². The lowest BCUT2D eigenvalue weighted by atomic mass is 10.0. The summed E-state index contributed by atoms with van der Waals surface area (Å²) >= 11 is 3.33. The van der Waals surface area contributed by atoms with Gasteiger partial charge in [0.25, 0.3) is 0 Å². The van der Waals surface area contributed by atoms with Crippen molar-refractivity contribution in [3.63, 3.8) is 0 Å². The van der Waals surface area contributed by atoms with Crippen LogP contribution in [0.4, 0.5) is 0 Å². The molecule has 7 heteroatoms. The van der Waals surface area contributed by atoms with Gasteiger partial charge in [-0.2, -0.15) is 0 Å². The Hall–Kier alpha value is -2.51. The van der Waals surface area contributed by atoms with Crippen molar-refractivity contribution in [3.05, 3.63) is 57.0 Å². The van der Waals surface area contributed by atoms with Crippen LogP contribution in [-0.4, -0.2) is 31.9 Å². The normalized spacial score (nSPS) is 16.6. The molecular formula is C20H18N4OS2. The Morgan fingerprint density at radius 2 is 2.19 bits per heavy atom. The number of hydrogen-bond acceptors (Lipinski definition) is 5. The quantitative estimate of drug-likeness (QED) is 0.519. The van der Waals surface area contributed by atoms with E-state index in [1.165, 1.54) is 21.8 Å². The summed E-state index contributed by atoms with van der Waals surface area (Å²) in [5.41, 5.74) is 5.76. The summed E-state index contributed by atoms with van der Waals surface area (Å²) < 4.78 is 2.00. The molecule has 1 aliphatic heterocycles. The Bertz CT molecular complexity index is 1110.